The maximum atomic E-state index is 12.2. The highest BCUT2D eigenvalue weighted by atomic mass is 16.1. The minimum absolute atomic E-state index is 0.0104. The third-order valence-electron chi connectivity index (χ3n) is 5.14. The molecule has 0 radical (unpaired) electrons. The van der Waals surface area contributed by atoms with Crippen LogP contribution in [0.25, 0.3) is 0 Å². The van der Waals surface area contributed by atoms with E-state index in [1.807, 2.05) is 37.3 Å². The van der Waals surface area contributed by atoms with Gasteiger partial charge in [0.15, 0.2) is 5.96 Å². The summed E-state index contributed by atoms with van der Waals surface area (Å²) < 4.78 is 0. The van der Waals surface area contributed by atoms with Gasteiger partial charge < -0.3 is 16.0 Å². The zero-order valence-corrected chi connectivity index (χ0v) is 18.3. The average Bonchev–Trinajstić information content (AvgIpc) is 2.74. The van der Waals surface area contributed by atoms with Gasteiger partial charge in [-0.1, -0.05) is 63.2 Å². The van der Waals surface area contributed by atoms with E-state index < -0.39 is 0 Å². The van der Waals surface area contributed by atoms with Gasteiger partial charge in [-0.15, -0.1) is 0 Å². The number of hydrogen-bond donors (Lipinski definition) is 3. The molecule has 156 valence electrons. The predicted octanol–water partition coefficient (Wildman–Crippen LogP) is 3.86. The fourth-order valence-electron chi connectivity index (χ4n) is 2.89. The summed E-state index contributed by atoms with van der Waals surface area (Å²) >= 11 is 0. The summed E-state index contributed by atoms with van der Waals surface area (Å²) in [6.07, 6.45) is 0.918. The number of hydrogen-bond acceptors (Lipinski definition) is 2. The summed E-state index contributed by atoms with van der Waals surface area (Å²) in [5.41, 5.74) is 3.05. The Morgan fingerprint density at radius 3 is 2.28 bits per heavy atom. The number of nitrogens with one attached hydrogen (secondary N) is 3. The fourth-order valence-corrected chi connectivity index (χ4v) is 2.89. The molecule has 0 heterocycles. The van der Waals surface area contributed by atoms with Crippen molar-refractivity contribution in [2.75, 3.05) is 13.6 Å². The second kappa shape index (κ2) is 10.6. The van der Waals surface area contributed by atoms with Gasteiger partial charge in [-0.3, -0.25) is 9.79 Å². The Balaban J connectivity index is 1.87. The highest BCUT2D eigenvalue weighted by molar-refractivity contribution is 5.94. The molecule has 0 spiro atoms. The van der Waals surface area contributed by atoms with Gasteiger partial charge in [0.2, 0.25) is 0 Å². The van der Waals surface area contributed by atoms with E-state index in [2.05, 4.69) is 66.0 Å². The van der Waals surface area contributed by atoms with Gasteiger partial charge in [0.05, 0.1) is 0 Å². The van der Waals surface area contributed by atoms with Gasteiger partial charge in [0.1, 0.15) is 0 Å². The van der Waals surface area contributed by atoms with Gasteiger partial charge in [-0.05, 0) is 36.6 Å². The molecule has 0 aromatic heterocycles. The summed E-state index contributed by atoms with van der Waals surface area (Å²) in [6, 6.07) is 18.3. The first-order valence-electron chi connectivity index (χ1n) is 10.3. The number of amides is 1. The van der Waals surface area contributed by atoms with E-state index in [0.717, 1.165) is 24.5 Å². The Bertz CT molecular complexity index is 797. The van der Waals surface area contributed by atoms with Gasteiger partial charge in [0.25, 0.3) is 5.91 Å². The molecule has 2 rings (SSSR count). The number of carbonyl (C=O) groups excluding carboxylic acids is 1. The van der Waals surface area contributed by atoms with Crippen molar-refractivity contribution in [3.05, 3.63) is 71.3 Å². The quantitative estimate of drug-likeness (QED) is 0.471. The van der Waals surface area contributed by atoms with Crippen LogP contribution in [-0.4, -0.2) is 31.5 Å². The van der Waals surface area contributed by atoms with Gasteiger partial charge in [-0.2, -0.15) is 0 Å². The van der Waals surface area contributed by atoms with Crippen molar-refractivity contribution in [3.63, 3.8) is 0 Å². The SMILES string of the molecule is CCC(C)NC(=O)c1ccc(CNC(=NC)NCC(C)(C)c2ccccc2)cc1. The van der Waals surface area contributed by atoms with Crippen LogP contribution in [0.1, 0.15) is 55.6 Å². The second-order valence-electron chi connectivity index (χ2n) is 8.01. The molecule has 2 aromatic rings. The molecule has 0 saturated heterocycles. The van der Waals surface area contributed by atoms with Crippen molar-refractivity contribution in [2.45, 2.75) is 52.1 Å². The highest BCUT2D eigenvalue weighted by Gasteiger charge is 2.20. The number of benzene rings is 2. The average molecular weight is 395 g/mol. The molecular formula is C24H34N4O. The lowest BCUT2D eigenvalue weighted by Crippen LogP contribution is -2.43. The van der Waals surface area contributed by atoms with E-state index in [1.54, 1.807) is 7.05 Å². The topological polar surface area (TPSA) is 65.5 Å². The van der Waals surface area contributed by atoms with Crippen LogP contribution in [0.5, 0.6) is 0 Å². The molecule has 0 fully saturated rings. The van der Waals surface area contributed by atoms with Crippen LogP contribution in [0.3, 0.4) is 0 Å². The Morgan fingerprint density at radius 1 is 1.03 bits per heavy atom. The summed E-state index contributed by atoms with van der Waals surface area (Å²) in [7, 11) is 1.77. The van der Waals surface area contributed by atoms with E-state index in [9.17, 15) is 4.79 Å². The summed E-state index contributed by atoms with van der Waals surface area (Å²) in [6.45, 7) is 9.90. The Morgan fingerprint density at radius 2 is 1.69 bits per heavy atom. The molecule has 3 N–H and O–H groups in total. The first-order valence-corrected chi connectivity index (χ1v) is 10.3. The first kappa shape index (κ1) is 22.5. The van der Waals surface area contributed by atoms with Gasteiger partial charge in [-0.25, -0.2) is 0 Å². The van der Waals surface area contributed by atoms with E-state index in [1.165, 1.54) is 5.56 Å². The van der Waals surface area contributed by atoms with Gasteiger partial charge in [0, 0.05) is 37.2 Å². The number of nitrogens with zero attached hydrogens (tertiary/aromatic N) is 1. The van der Waals surface area contributed by atoms with Crippen molar-refractivity contribution >= 4 is 11.9 Å². The number of aliphatic imine (C=N–C) groups is 1. The molecule has 0 bridgehead atoms. The fraction of sp³-hybridized carbons (Fsp3) is 0.417. The molecule has 0 saturated carbocycles. The lowest BCUT2D eigenvalue weighted by atomic mass is 9.85. The zero-order chi connectivity index (χ0) is 21.3. The molecule has 0 aliphatic carbocycles. The maximum absolute atomic E-state index is 12.2. The number of carbonyl (C=O) groups is 1. The summed E-state index contributed by atoms with van der Waals surface area (Å²) in [4.78, 5) is 16.5. The third kappa shape index (κ3) is 6.93. The lowest BCUT2D eigenvalue weighted by Gasteiger charge is -2.26. The van der Waals surface area contributed by atoms with Crippen LogP contribution in [0.15, 0.2) is 59.6 Å². The minimum Gasteiger partial charge on any atom is -0.356 e. The second-order valence-corrected chi connectivity index (χ2v) is 8.01. The maximum Gasteiger partial charge on any atom is 0.251 e. The Hall–Kier alpha value is -2.82. The van der Waals surface area contributed by atoms with E-state index in [4.69, 9.17) is 0 Å². The van der Waals surface area contributed by atoms with E-state index in [-0.39, 0.29) is 17.4 Å². The molecule has 1 atom stereocenters. The molecule has 5 heteroatoms. The molecule has 29 heavy (non-hydrogen) atoms. The minimum atomic E-state index is -0.0283. The molecule has 5 nitrogen and oxygen atoms in total. The monoisotopic (exact) mass is 394 g/mol. The summed E-state index contributed by atoms with van der Waals surface area (Å²) in [5, 5.41) is 9.73. The van der Waals surface area contributed by atoms with Crippen molar-refractivity contribution in [2.24, 2.45) is 4.99 Å². The molecule has 0 aliphatic heterocycles. The van der Waals surface area contributed by atoms with Crippen LogP contribution in [-0.2, 0) is 12.0 Å². The van der Waals surface area contributed by atoms with Crippen LogP contribution in [0, 0.1) is 0 Å². The standard InChI is InChI=1S/C24H34N4O/c1-6-18(2)28-22(29)20-14-12-19(13-15-20)16-26-23(25-5)27-17-24(3,4)21-10-8-7-9-11-21/h7-15,18H,6,16-17H2,1-5H3,(H,28,29)(H2,25,26,27). The molecule has 1 amide bonds. The highest BCUT2D eigenvalue weighted by Crippen LogP contribution is 2.21. The number of guanidine groups is 1. The Labute approximate surface area is 175 Å². The smallest absolute Gasteiger partial charge is 0.251 e. The molecule has 1 unspecified atom stereocenters. The number of rotatable bonds is 8. The largest absolute Gasteiger partial charge is 0.356 e. The zero-order valence-electron chi connectivity index (χ0n) is 18.3. The third-order valence-corrected chi connectivity index (χ3v) is 5.14. The normalized spacial score (nSPS) is 12.9. The lowest BCUT2D eigenvalue weighted by molar-refractivity contribution is 0.0939. The predicted molar refractivity (Wildman–Crippen MR) is 121 cm³/mol. The first-order chi connectivity index (χ1) is 13.9. The van der Waals surface area contributed by atoms with E-state index >= 15 is 0 Å². The van der Waals surface area contributed by atoms with Gasteiger partial charge >= 0.3 is 0 Å². The van der Waals surface area contributed by atoms with Crippen molar-refractivity contribution in [1.29, 1.82) is 0 Å². The van der Waals surface area contributed by atoms with Crippen LogP contribution < -0.4 is 16.0 Å². The van der Waals surface area contributed by atoms with Crippen molar-refractivity contribution < 1.29 is 4.79 Å². The molecule has 0 aliphatic rings. The van der Waals surface area contributed by atoms with Crippen LogP contribution in [0.4, 0.5) is 0 Å². The van der Waals surface area contributed by atoms with Crippen molar-refractivity contribution in [1.82, 2.24) is 16.0 Å². The van der Waals surface area contributed by atoms with Crippen LogP contribution >= 0.6 is 0 Å². The molecular weight excluding hydrogens is 360 g/mol. The van der Waals surface area contributed by atoms with Crippen molar-refractivity contribution in [3.8, 4) is 0 Å². The molecule has 2 aromatic carbocycles. The van der Waals surface area contributed by atoms with Crippen LogP contribution in [0.2, 0.25) is 0 Å². The Kier molecular flexibility index (Phi) is 8.25. The summed E-state index contributed by atoms with van der Waals surface area (Å²) in [5.74, 6) is 0.729. The van der Waals surface area contributed by atoms with E-state index in [0.29, 0.717) is 12.1 Å².